The Morgan fingerprint density at radius 1 is 1.28 bits per heavy atom. The Labute approximate surface area is 108 Å². The molecule has 0 aliphatic rings. The molecule has 0 saturated heterocycles. The second kappa shape index (κ2) is 5.50. The molecule has 18 heavy (non-hydrogen) atoms. The summed E-state index contributed by atoms with van der Waals surface area (Å²) in [6.45, 7) is 0. The largest absolute Gasteiger partial charge is 0.481 e. The topological polar surface area (TPSA) is 72.3 Å². The van der Waals surface area contributed by atoms with Crippen LogP contribution in [0.4, 0.5) is 0 Å². The van der Waals surface area contributed by atoms with Crippen LogP contribution in [0.15, 0.2) is 46.6 Å². The first-order valence-electron chi connectivity index (χ1n) is 5.06. The van der Waals surface area contributed by atoms with Crippen molar-refractivity contribution in [3.63, 3.8) is 0 Å². The van der Waals surface area contributed by atoms with E-state index in [0.29, 0.717) is 10.9 Å². The first kappa shape index (κ1) is 12.4. The number of hydrogen-bond donors (Lipinski definition) is 1. The van der Waals surface area contributed by atoms with Gasteiger partial charge in [0, 0.05) is 23.4 Å². The lowest BCUT2D eigenvalue weighted by Crippen LogP contribution is -1.96. The summed E-state index contributed by atoms with van der Waals surface area (Å²) < 4.78 is 5.02. The fraction of sp³-hybridized carbons (Fsp3) is 0.0833. The number of ether oxygens (including phenoxy) is 1. The lowest BCUT2D eigenvalue weighted by atomic mass is 10.3. The van der Waals surface area contributed by atoms with Crippen LogP contribution in [0.5, 0.6) is 5.88 Å². The highest BCUT2D eigenvalue weighted by Crippen LogP contribution is 2.27. The van der Waals surface area contributed by atoms with Crippen LogP contribution in [-0.4, -0.2) is 28.2 Å². The third-order valence-electron chi connectivity index (χ3n) is 2.12. The van der Waals surface area contributed by atoms with Gasteiger partial charge in [-0.2, -0.15) is 0 Å². The number of carbonyl (C=O) groups is 1. The van der Waals surface area contributed by atoms with Gasteiger partial charge in [-0.3, -0.25) is 0 Å². The van der Waals surface area contributed by atoms with Crippen molar-refractivity contribution in [2.45, 2.75) is 9.92 Å². The molecule has 0 atom stereocenters. The highest BCUT2D eigenvalue weighted by atomic mass is 32.2. The van der Waals surface area contributed by atoms with Crippen LogP contribution in [0, 0.1) is 0 Å². The highest BCUT2D eigenvalue weighted by Gasteiger charge is 2.06. The molecule has 2 aromatic rings. The molecule has 2 rings (SSSR count). The summed E-state index contributed by atoms with van der Waals surface area (Å²) in [4.78, 5) is 19.8. The van der Waals surface area contributed by atoms with Crippen LogP contribution in [0.25, 0.3) is 0 Å². The Balaban J connectivity index is 2.22. The molecule has 0 radical (unpaired) electrons. The zero-order valence-corrected chi connectivity index (χ0v) is 10.3. The van der Waals surface area contributed by atoms with Crippen LogP contribution < -0.4 is 4.74 Å². The lowest BCUT2D eigenvalue weighted by Gasteiger charge is -2.03. The maximum absolute atomic E-state index is 10.8. The number of pyridine rings is 2. The number of carboxylic acid groups (broad SMARTS) is 1. The van der Waals surface area contributed by atoms with E-state index < -0.39 is 5.97 Å². The summed E-state index contributed by atoms with van der Waals surface area (Å²) in [6.07, 6.45) is 3.10. The van der Waals surface area contributed by atoms with E-state index in [2.05, 4.69) is 9.97 Å². The van der Waals surface area contributed by atoms with Crippen LogP contribution in [0.3, 0.4) is 0 Å². The number of aromatic carboxylic acids is 1. The zero-order valence-electron chi connectivity index (χ0n) is 9.53. The normalized spacial score (nSPS) is 10.1. The summed E-state index contributed by atoms with van der Waals surface area (Å²) in [5, 5.41) is 9.50. The van der Waals surface area contributed by atoms with E-state index in [1.54, 1.807) is 19.4 Å². The maximum Gasteiger partial charge on any atom is 0.335 e. The highest BCUT2D eigenvalue weighted by molar-refractivity contribution is 7.99. The Morgan fingerprint density at radius 2 is 2.06 bits per heavy atom. The zero-order chi connectivity index (χ0) is 13.0. The monoisotopic (exact) mass is 262 g/mol. The van der Waals surface area contributed by atoms with Gasteiger partial charge in [0.15, 0.2) is 0 Å². The first-order chi connectivity index (χ1) is 8.69. The molecule has 0 saturated carbocycles. The molecule has 0 spiro atoms. The lowest BCUT2D eigenvalue weighted by molar-refractivity contribution is 0.0696. The number of nitrogens with zero attached hydrogens (tertiary/aromatic N) is 2. The van der Waals surface area contributed by atoms with Gasteiger partial charge in [-0.25, -0.2) is 14.8 Å². The number of rotatable bonds is 4. The molecule has 1 N–H and O–H groups in total. The Kier molecular flexibility index (Phi) is 3.78. The van der Waals surface area contributed by atoms with E-state index >= 15 is 0 Å². The van der Waals surface area contributed by atoms with Crippen molar-refractivity contribution in [2.24, 2.45) is 0 Å². The predicted molar refractivity (Wildman–Crippen MR) is 66.1 cm³/mol. The van der Waals surface area contributed by atoms with E-state index in [9.17, 15) is 4.79 Å². The van der Waals surface area contributed by atoms with Gasteiger partial charge in [-0.1, -0.05) is 11.8 Å². The summed E-state index contributed by atoms with van der Waals surface area (Å²) >= 11 is 1.35. The molecular formula is C12H10N2O3S. The van der Waals surface area contributed by atoms with Gasteiger partial charge < -0.3 is 9.84 Å². The van der Waals surface area contributed by atoms with E-state index in [-0.39, 0.29) is 5.56 Å². The number of carboxylic acids is 1. The van der Waals surface area contributed by atoms with Crippen molar-refractivity contribution in [2.75, 3.05) is 7.11 Å². The first-order valence-corrected chi connectivity index (χ1v) is 5.88. The molecule has 0 bridgehead atoms. The number of aromatic nitrogens is 2. The van der Waals surface area contributed by atoms with E-state index in [4.69, 9.17) is 9.84 Å². The van der Waals surface area contributed by atoms with E-state index in [1.807, 2.05) is 6.07 Å². The second-order valence-corrected chi connectivity index (χ2v) is 4.42. The minimum Gasteiger partial charge on any atom is -0.481 e. The summed E-state index contributed by atoms with van der Waals surface area (Å²) in [5.41, 5.74) is 0.216. The maximum atomic E-state index is 10.8. The molecule has 0 unspecified atom stereocenters. The van der Waals surface area contributed by atoms with Crippen LogP contribution >= 0.6 is 11.8 Å². The molecule has 0 amide bonds. The number of methoxy groups -OCH3 is 1. The van der Waals surface area contributed by atoms with Gasteiger partial charge >= 0.3 is 5.97 Å². The van der Waals surface area contributed by atoms with Crippen molar-refractivity contribution in [3.8, 4) is 5.88 Å². The molecule has 0 aliphatic heterocycles. The summed E-state index contributed by atoms with van der Waals surface area (Å²) in [6, 6.07) is 6.56. The average molecular weight is 262 g/mol. The molecule has 5 nitrogen and oxygen atoms in total. The quantitative estimate of drug-likeness (QED) is 0.911. The fourth-order valence-electron chi connectivity index (χ4n) is 1.29. The molecule has 0 aromatic carbocycles. The van der Waals surface area contributed by atoms with Crippen LogP contribution in [0.2, 0.25) is 0 Å². The molecule has 92 valence electrons. The molecule has 0 fully saturated rings. The average Bonchev–Trinajstić information content (AvgIpc) is 2.39. The van der Waals surface area contributed by atoms with Crippen LogP contribution in [0.1, 0.15) is 10.4 Å². The number of hydrogen-bond acceptors (Lipinski definition) is 5. The summed E-state index contributed by atoms with van der Waals surface area (Å²) in [5.74, 6) is -0.457. The Morgan fingerprint density at radius 3 is 2.78 bits per heavy atom. The predicted octanol–water partition coefficient (Wildman–Crippen LogP) is 2.33. The Bertz CT molecular complexity index is 575. The van der Waals surface area contributed by atoms with Gasteiger partial charge in [0.2, 0.25) is 5.88 Å². The smallest absolute Gasteiger partial charge is 0.335 e. The molecule has 2 heterocycles. The van der Waals surface area contributed by atoms with Crippen LogP contribution in [-0.2, 0) is 0 Å². The minimum absolute atomic E-state index is 0.216. The van der Waals surface area contributed by atoms with Crippen molar-refractivity contribution in [3.05, 3.63) is 42.2 Å². The van der Waals surface area contributed by atoms with Gasteiger partial charge in [0.05, 0.1) is 12.7 Å². The fourth-order valence-corrected chi connectivity index (χ4v) is 2.11. The Hall–Kier alpha value is -2.08. The molecular weight excluding hydrogens is 252 g/mol. The van der Waals surface area contributed by atoms with Crippen molar-refractivity contribution < 1.29 is 14.6 Å². The van der Waals surface area contributed by atoms with Crippen molar-refractivity contribution >= 4 is 17.7 Å². The molecule has 0 aliphatic carbocycles. The van der Waals surface area contributed by atoms with Gasteiger partial charge in [-0.15, -0.1) is 0 Å². The van der Waals surface area contributed by atoms with Gasteiger partial charge in [0.25, 0.3) is 0 Å². The van der Waals surface area contributed by atoms with E-state index in [0.717, 1.165) is 4.90 Å². The molecule has 2 aromatic heterocycles. The van der Waals surface area contributed by atoms with E-state index in [1.165, 1.54) is 30.1 Å². The van der Waals surface area contributed by atoms with Crippen molar-refractivity contribution in [1.82, 2.24) is 9.97 Å². The van der Waals surface area contributed by atoms with Gasteiger partial charge in [-0.05, 0) is 18.2 Å². The van der Waals surface area contributed by atoms with Gasteiger partial charge in [0.1, 0.15) is 5.03 Å². The minimum atomic E-state index is -0.966. The SMILES string of the molecule is COc1cc(Sc2cc(C(=O)O)ccn2)ccn1. The second-order valence-electron chi connectivity index (χ2n) is 3.32. The standard InChI is InChI=1S/C12H10N2O3S/c1-17-10-7-9(3-5-13-10)18-11-6-8(12(15)16)2-4-14-11/h2-7H,1H3,(H,15,16). The third kappa shape index (κ3) is 2.98. The molecule has 6 heteroatoms. The third-order valence-corrected chi connectivity index (χ3v) is 3.04. The van der Waals surface area contributed by atoms with Crippen molar-refractivity contribution in [1.29, 1.82) is 0 Å². The summed E-state index contributed by atoms with van der Waals surface area (Å²) in [7, 11) is 1.54.